The van der Waals surface area contributed by atoms with Crippen molar-refractivity contribution in [3.8, 4) is 0 Å². The Balaban J connectivity index is 1.35. The lowest BCUT2D eigenvalue weighted by molar-refractivity contribution is -0.141. The van der Waals surface area contributed by atoms with Gasteiger partial charge in [0.15, 0.2) is 0 Å². The van der Waals surface area contributed by atoms with Crippen molar-refractivity contribution >= 4 is 11.8 Å². The maximum absolute atomic E-state index is 13.0. The lowest BCUT2D eigenvalue weighted by Crippen LogP contribution is -2.58. The Bertz CT molecular complexity index is 769. The van der Waals surface area contributed by atoms with E-state index in [1.807, 2.05) is 28.0 Å². The number of benzene rings is 1. The van der Waals surface area contributed by atoms with Gasteiger partial charge in [-0.1, -0.05) is 30.3 Å². The normalized spacial score (nSPS) is 21.5. The van der Waals surface area contributed by atoms with Crippen LogP contribution in [0.1, 0.15) is 28.9 Å². The number of piperazine rings is 1. The molecule has 2 aliphatic rings. The first-order chi connectivity index (χ1) is 13.2. The maximum Gasteiger partial charge on any atom is 0.271 e. The third-order valence-electron chi connectivity index (χ3n) is 5.49. The highest BCUT2D eigenvalue weighted by molar-refractivity contribution is 5.92. The monoisotopic (exact) mass is 367 g/mol. The van der Waals surface area contributed by atoms with Crippen LogP contribution < -0.4 is 0 Å². The minimum atomic E-state index is -0.0631. The predicted molar refractivity (Wildman–Crippen MR) is 101 cm³/mol. The second kappa shape index (κ2) is 7.92. The van der Waals surface area contributed by atoms with Crippen LogP contribution in [0.2, 0.25) is 0 Å². The van der Waals surface area contributed by atoms with Crippen molar-refractivity contribution in [1.82, 2.24) is 24.9 Å². The van der Waals surface area contributed by atoms with E-state index in [2.05, 4.69) is 27.2 Å². The van der Waals surface area contributed by atoms with Gasteiger partial charge in [-0.15, -0.1) is 0 Å². The Morgan fingerprint density at radius 3 is 2.56 bits per heavy atom. The summed E-state index contributed by atoms with van der Waals surface area (Å²) in [5.74, 6) is 0.200. The van der Waals surface area contributed by atoms with Crippen molar-refractivity contribution in [2.75, 3.05) is 32.7 Å². The summed E-state index contributed by atoms with van der Waals surface area (Å²) in [5, 5.41) is 6.58. The minimum Gasteiger partial charge on any atom is -0.337 e. The van der Waals surface area contributed by atoms with Crippen molar-refractivity contribution in [1.29, 1.82) is 0 Å². The number of amides is 2. The Kier molecular flexibility index (Phi) is 5.20. The number of nitrogens with one attached hydrogen (secondary N) is 1. The molecule has 2 fully saturated rings. The van der Waals surface area contributed by atoms with Gasteiger partial charge in [0.05, 0.1) is 6.04 Å². The zero-order valence-corrected chi connectivity index (χ0v) is 15.4. The highest BCUT2D eigenvalue weighted by Crippen LogP contribution is 2.21. The number of carbonyl (C=O) groups is 2. The van der Waals surface area contributed by atoms with Crippen LogP contribution in [0.5, 0.6) is 0 Å². The van der Waals surface area contributed by atoms with Crippen LogP contribution in [0.3, 0.4) is 0 Å². The van der Waals surface area contributed by atoms with Gasteiger partial charge in [0.1, 0.15) is 5.69 Å². The molecule has 1 unspecified atom stereocenters. The molecule has 2 amide bonds. The molecule has 0 spiro atoms. The predicted octanol–water partition coefficient (Wildman–Crippen LogP) is 1.36. The summed E-state index contributed by atoms with van der Waals surface area (Å²) < 4.78 is 0. The average molecular weight is 367 g/mol. The number of hydrogen-bond donors (Lipinski definition) is 1. The molecule has 2 aliphatic heterocycles. The van der Waals surface area contributed by atoms with Gasteiger partial charge in [-0.3, -0.25) is 19.6 Å². The van der Waals surface area contributed by atoms with Crippen LogP contribution in [0, 0.1) is 0 Å². The van der Waals surface area contributed by atoms with Gasteiger partial charge in [-0.2, -0.15) is 5.10 Å². The first-order valence-corrected chi connectivity index (χ1v) is 9.58. The van der Waals surface area contributed by atoms with E-state index in [0.29, 0.717) is 25.3 Å². The molecule has 3 heterocycles. The highest BCUT2D eigenvalue weighted by Gasteiger charge is 2.35. The number of piperidine rings is 1. The maximum atomic E-state index is 13.0. The molecular weight excluding hydrogens is 342 g/mol. The van der Waals surface area contributed by atoms with Crippen LogP contribution in [0.25, 0.3) is 0 Å². The number of hydrogen-bond acceptors (Lipinski definition) is 4. The van der Waals surface area contributed by atoms with E-state index in [4.69, 9.17) is 0 Å². The van der Waals surface area contributed by atoms with Crippen molar-refractivity contribution in [3.63, 3.8) is 0 Å². The van der Waals surface area contributed by atoms with Gasteiger partial charge < -0.3 is 9.80 Å². The fraction of sp³-hybridized carbons (Fsp3) is 0.450. The molecule has 142 valence electrons. The summed E-state index contributed by atoms with van der Waals surface area (Å²) in [6, 6.07) is 11.8. The molecule has 1 aromatic carbocycles. The first kappa shape index (κ1) is 17.7. The number of carbonyl (C=O) groups excluding carboxylic acids is 2. The van der Waals surface area contributed by atoms with E-state index in [0.717, 1.165) is 32.5 Å². The molecular formula is C20H25N5O2. The zero-order chi connectivity index (χ0) is 18.6. The number of aromatic nitrogens is 2. The smallest absolute Gasteiger partial charge is 0.271 e. The summed E-state index contributed by atoms with van der Waals surface area (Å²) in [6.45, 7) is 4.24. The number of rotatable bonds is 4. The molecule has 27 heavy (non-hydrogen) atoms. The Labute approximate surface area is 158 Å². The van der Waals surface area contributed by atoms with Crippen LogP contribution in [-0.2, 0) is 11.3 Å². The number of H-pyrrole nitrogens is 1. The fourth-order valence-electron chi connectivity index (χ4n) is 4.00. The van der Waals surface area contributed by atoms with Gasteiger partial charge >= 0.3 is 0 Å². The average Bonchev–Trinajstić information content (AvgIpc) is 3.25. The quantitative estimate of drug-likeness (QED) is 0.886. The largest absolute Gasteiger partial charge is 0.337 e. The van der Waals surface area contributed by atoms with E-state index in [9.17, 15) is 9.59 Å². The molecule has 4 rings (SSSR count). The van der Waals surface area contributed by atoms with Crippen molar-refractivity contribution in [2.45, 2.75) is 25.4 Å². The summed E-state index contributed by atoms with van der Waals surface area (Å²) in [6.07, 6.45) is 3.51. The second-order valence-corrected chi connectivity index (χ2v) is 7.20. The topological polar surface area (TPSA) is 72.5 Å². The zero-order valence-electron chi connectivity index (χ0n) is 15.4. The highest BCUT2D eigenvalue weighted by atomic mass is 16.2. The van der Waals surface area contributed by atoms with E-state index in [1.165, 1.54) is 5.56 Å². The van der Waals surface area contributed by atoms with Gasteiger partial charge in [0.2, 0.25) is 5.91 Å². The SMILES string of the molecule is O=C(c1ccn[nH]1)N1CCN(C2CCCN(Cc3ccccc3)C2=O)CC1. The van der Waals surface area contributed by atoms with E-state index in [-0.39, 0.29) is 17.9 Å². The summed E-state index contributed by atoms with van der Waals surface area (Å²) in [4.78, 5) is 31.5. The number of likely N-dealkylation sites (tertiary alicyclic amines) is 1. The third kappa shape index (κ3) is 3.88. The molecule has 1 atom stereocenters. The number of nitrogens with zero attached hydrogens (tertiary/aromatic N) is 4. The molecule has 0 bridgehead atoms. The standard InChI is InChI=1S/C20H25N5O2/c26-19(17-8-9-21-22-17)24-13-11-23(12-14-24)18-7-4-10-25(20(18)27)15-16-5-2-1-3-6-16/h1-3,5-6,8-9,18H,4,7,10-15H2,(H,21,22). The summed E-state index contributed by atoms with van der Waals surface area (Å²) in [5.41, 5.74) is 1.69. The molecule has 0 radical (unpaired) electrons. The van der Waals surface area contributed by atoms with Crippen molar-refractivity contribution in [3.05, 3.63) is 53.9 Å². The van der Waals surface area contributed by atoms with Crippen molar-refractivity contribution in [2.24, 2.45) is 0 Å². The minimum absolute atomic E-state index is 0.0205. The van der Waals surface area contributed by atoms with Crippen LogP contribution in [0.15, 0.2) is 42.6 Å². The van der Waals surface area contributed by atoms with Gasteiger partial charge in [-0.25, -0.2) is 0 Å². The molecule has 1 aromatic heterocycles. The summed E-state index contributed by atoms with van der Waals surface area (Å²) >= 11 is 0. The molecule has 2 aromatic rings. The molecule has 7 nitrogen and oxygen atoms in total. The fourth-order valence-corrected chi connectivity index (χ4v) is 4.00. The Morgan fingerprint density at radius 1 is 1.07 bits per heavy atom. The number of aromatic amines is 1. The first-order valence-electron chi connectivity index (χ1n) is 9.58. The molecule has 7 heteroatoms. The van der Waals surface area contributed by atoms with E-state index < -0.39 is 0 Å². The van der Waals surface area contributed by atoms with Crippen molar-refractivity contribution < 1.29 is 9.59 Å². The van der Waals surface area contributed by atoms with Crippen LogP contribution >= 0.6 is 0 Å². The Morgan fingerprint density at radius 2 is 1.85 bits per heavy atom. The van der Waals surface area contributed by atoms with Crippen LogP contribution in [0.4, 0.5) is 0 Å². The lowest BCUT2D eigenvalue weighted by atomic mass is 10.0. The lowest BCUT2D eigenvalue weighted by Gasteiger charge is -2.42. The molecule has 0 aliphatic carbocycles. The third-order valence-corrected chi connectivity index (χ3v) is 5.49. The molecule has 0 saturated carbocycles. The molecule has 2 saturated heterocycles. The molecule has 1 N–H and O–H groups in total. The second-order valence-electron chi connectivity index (χ2n) is 7.20. The Hall–Kier alpha value is -2.67. The van der Waals surface area contributed by atoms with Crippen LogP contribution in [-0.4, -0.2) is 75.5 Å². The van der Waals surface area contributed by atoms with Gasteiger partial charge in [0, 0.05) is 45.5 Å². The van der Waals surface area contributed by atoms with E-state index in [1.54, 1.807) is 12.3 Å². The van der Waals surface area contributed by atoms with Gasteiger partial charge in [-0.05, 0) is 24.5 Å². The summed E-state index contributed by atoms with van der Waals surface area (Å²) in [7, 11) is 0. The van der Waals surface area contributed by atoms with Gasteiger partial charge in [0.25, 0.3) is 5.91 Å². The van der Waals surface area contributed by atoms with E-state index >= 15 is 0 Å².